The average Bonchev–Trinajstić information content (AvgIpc) is 2.99. The van der Waals surface area contributed by atoms with E-state index in [0.29, 0.717) is 6.42 Å². The number of carbonyl (C=O) groups is 1. The van der Waals surface area contributed by atoms with E-state index in [1.165, 1.54) is 16.0 Å². The molecule has 2 aromatic rings. The summed E-state index contributed by atoms with van der Waals surface area (Å²) >= 11 is 3.56. The van der Waals surface area contributed by atoms with Gasteiger partial charge in [0.1, 0.15) is 0 Å². The predicted molar refractivity (Wildman–Crippen MR) is 85.3 cm³/mol. The van der Waals surface area contributed by atoms with Crippen molar-refractivity contribution in [2.45, 2.75) is 30.2 Å². The van der Waals surface area contributed by atoms with Crippen molar-refractivity contribution < 1.29 is 4.79 Å². The summed E-state index contributed by atoms with van der Waals surface area (Å²) in [6, 6.07) is 10.7. The molecule has 0 unspecified atom stereocenters. The second-order valence-corrected chi connectivity index (χ2v) is 6.84. The molecule has 1 aliphatic rings. The molecule has 0 fully saturated rings. The maximum atomic E-state index is 12.1. The number of aryl methyl sites for hydroxylation is 1. The van der Waals surface area contributed by atoms with Crippen LogP contribution in [0.5, 0.6) is 0 Å². The third kappa shape index (κ3) is 3.25. The van der Waals surface area contributed by atoms with Gasteiger partial charge in [0.15, 0.2) is 0 Å². The Balaban J connectivity index is 1.59. The van der Waals surface area contributed by atoms with E-state index in [9.17, 15) is 4.79 Å². The van der Waals surface area contributed by atoms with E-state index in [4.69, 9.17) is 0 Å². The zero-order valence-electron chi connectivity index (χ0n) is 11.2. The fourth-order valence-corrected chi connectivity index (χ4v) is 4.28. The maximum Gasteiger partial charge on any atom is 0.220 e. The van der Waals surface area contributed by atoms with Gasteiger partial charge < -0.3 is 5.32 Å². The molecule has 3 rings (SSSR count). The Morgan fingerprint density at radius 1 is 1.30 bits per heavy atom. The molecular weight excluding hydrogens is 286 g/mol. The van der Waals surface area contributed by atoms with Gasteiger partial charge in [-0.2, -0.15) is 11.3 Å². The molecule has 0 aliphatic carbocycles. The van der Waals surface area contributed by atoms with E-state index in [-0.39, 0.29) is 11.9 Å². The Hall–Kier alpha value is -1.26. The monoisotopic (exact) mass is 303 g/mol. The van der Waals surface area contributed by atoms with E-state index in [2.05, 4.69) is 46.4 Å². The molecule has 1 aromatic carbocycles. The quantitative estimate of drug-likeness (QED) is 0.924. The maximum absolute atomic E-state index is 12.1. The lowest BCUT2D eigenvalue weighted by molar-refractivity contribution is -0.121. The third-order valence-corrected chi connectivity index (χ3v) is 5.37. The van der Waals surface area contributed by atoms with Gasteiger partial charge in [0, 0.05) is 17.1 Å². The molecule has 1 aromatic heterocycles. The highest BCUT2D eigenvalue weighted by Gasteiger charge is 2.21. The van der Waals surface area contributed by atoms with E-state index in [0.717, 1.165) is 18.6 Å². The summed E-state index contributed by atoms with van der Waals surface area (Å²) in [5.74, 6) is 1.23. The molecular formula is C16H17NOS2. The van der Waals surface area contributed by atoms with Crippen LogP contribution < -0.4 is 5.32 Å². The van der Waals surface area contributed by atoms with Crippen LogP contribution in [-0.2, 0) is 11.2 Å². The summed E-state index contributed by atoms with van der Waals surface area (Å²) in [5, 5.41) is 7.36. The number of thiophene rings is 1. The molecule has 0 saturated carbocycles. The van der Waals surface area contributed by atoms with Gasteiger partial charge >= 0.3 is 0 Å². The number of hydrogen-bond acceptors (Lipinski definition) is 3. The number of fused-ring (bicyclic) bond motifs is 1. The number of benzene rings is 1. The molecule has 1 amide bonds. The number of thioether (sulfide) groups is 1. The van der Waals surface area contributed by atoms with E-state index in [1.54, 1.807) is 11.3 Å². The van der Waals surface area contributed by atoms with Crippen LogP contribution in [0.3, 0.4) is 0 Å². The number of carbonyl (C=O) groups excluding carboxylic acids is 1. The lowest BCUT2D eigenvalue weighted by Crippen LogP contribution is -2.30. The fourth-order valence-electron chi connectivity index (χ4n) is 2.45. The van der Waals surface area contributed by atoms with Crippen molar-refractivity contribution in [2.24, 2.45) is 0 Å². The molecule has 0 spiro atoms. The van der Waals surface area contributed by atoms with E-state index >= 15 is 0 Å². The van der Waals surface area contributed by atoms with E-state index < -0.39 is 0 Å². The molecule has 2 nitrogen and oxygen atoms in total. The molecule has 20 heavy (non-hydrogen) atoms. The summed E-state index contributed by atoms with van der Waals surface area (Å²) in [7, 11) is 0. The van der Waals surface area contributed by atoms with Crippen LogP contribution in [-0.4, -0.2) is 11.7 Å². The summed E-state index contributed by atoms with van der Waals surface area (Å²) in [6.07, 6.45) is 2.42. The molecule has 104 valence electrons. The minimum absolute atomic E-state index is 0.155. The minimum Gasteiger partial charge on any atom is -0.349 e. The molecule has 0 radical (unpaired) electrons. The zero-order valence-corrected chi connectivity index (χ0v) is 12.8. The fraction of sp³-hybridized carbons (Fsp3) is 0.312. The molecule has 1 N–H and O–H groups in total. The zero-order chi connectivity index (χ0) is 13.8. The third-order valence-electron chi connectivity index (χ3n) is 3.51. The summed E-state index contributed by atoms with van der Waals surface area (Å²) in [6.45, 7) is 0. The lowest BCUT2D eigenvalue weighted by Gasteiger charge is -2.25. The van der Waals surface area contributed by atoms with Crippen molar-refractivity contribution in [1.82, 2.24) is 5.32 Å². The van der Waals surface area contributed by atoms with Crippen molar-refractivity contribution in [2.75, 3.05) is 5.75 Å². The molecule has 0 bridgehead atoms. The van der Waals surface area contributed by atoms with Crippen LogP contribution >= 0.6 is 23.1 Å². The first kappa shape index (κ1) is 13.7. The van der Waals surface area contributed by atoms with Gasteiger partial charge in [-0.1, -0.05) is 18.2 Å². The van der Waals surface area contributed by atoms with Crippen LogP contribution in [0.25, 0.3) is 0 Å². The second-order valence-electron chi connectivity index (χ2n) is 4.93. The number of amides is 1. The van der Waals surface area contributed by atoms with Crippen LogP contribution in [0.1, 0.15) is 30.0 Å². The molecule has 2 heterocycles. The van der Waals surface area contributed by atoms with Crippen LogP contribution in [0, 0.1) is 0 Å². The largest absolute Gasteiger partial charge is 0.349 e. The van der Waals surface area contributed by atoms with Gasteiger partial charge in [-0.3, -0.25) is 4.79 Å². The van der Waals surface area contributed by atoms with Crippen molar-refractivity contribution in [3.63, 3.8) is 0 Å². The highest BCUT2D eigenvalue weighted by Crippen LogP contribution is 2.35. The smallest absolute Gasteiger partial charge is 0.220 e. The van der Waals surface area contributed by atoms with Crippen LogP contribution in [0.2, 0.25) is 0 Å². The van der Waals surface area contributed by atoms with E-state index in [1.807, 2.05) is 11.8 Å². The SMILES string of the molecule is O=C(CCc1ccsc1)N[C@H]1CCSc2ccccc21. The number of nitrogens with one attached hydrogen (secondary N) is 1. The summed E-state index contributed by atoms with van der Waals surface area (Å²) in [4.78, 5) is 13.4. The predicted octanol–water partition coefficient (Wildman–Crippen LogP) is 4.03. The van der Waals surface area contributed by atoms with Gasteiger partial charge in [0.05, 0.1) is 6.04 Å². The standard InChI is InChI=1S/C16H17NOS2/c18-16(6-5-12-7-9-19-11-12)17-14-8-10-20-15-4-2-1-3-13(14)15/h1-4,7,9,11,14H,5-6,8,10H2,(H,17,18)/t14-/m0/s1. The Kier molecular flexibility index (Phi) is 4.43. The first-order valence-electron chi connectivity index (χ1n) is 6.85. The van der Waals surface area contributed by atoms with Gasteiger partial charge in [-0.25, -0.2) is 0 Å². The lowest BCUT2D eigenvalue weighted by atomic mass is 10.0. The molecule has 1 aliphatic heterocycles. The topological polar surface area (TPSA) is 29.1 Å². The number of rotatable bonds is 4. The van der Waals surface area contributed by atoms with Gasteiger partial charge in [-0.05, 0) is 46.9 Å². The average molecular weight is 303 g/mol. The Morgan fingerprint density at radius 3 is 3.05 bits per heavy atom. The van der Waals surface area contributed by atoms with Crippen molar-refractivity contribution in [1.29, 1.82) is 0 Å². The summed E-state index contributed by atoms with van der Waals surface area (Å²) < 4.78 is 0. The van der Waals surface area contributed by atoms with Crippen molar-refractivity contribution in [3.05, 3.63) is 52.2 Å². The molecule has 1 atom stereocenters. The summed E-state index contributed by atoms with van der Waals surface area (Å²) in [5.41, 5.74) is 2.53. The second kappa shape index (κ2) is 6.46. The Morgan fingerprint density at radius 2 is 2.20 bits per heavy atom. The van der Waals surface area contributed by atoms with Crippen molar-refractivity contribution in [3.8, 4) is 0 Å². The van der Waals surface area contributed by atoms with Gasteiger partial charge in [0.25, 0.3) is 0 Å². The molecule has 0 saturated heterocycles. The normalized spacial score (nSPS) is 17.5. The van der Waals surface area contributed by atoms with Crippen molar-refractivity contribution >= 4 is 29.0 Å². The highest BCUT2D eigenvalue weighted by molar-refractivity contribution is 7.99. The minimum atomic E-state index is 0.155. The molecule has 4 heteroatoms. The Labute approximate surface area is 127 Å². The number of hydrogen-bond donors (Lipinski definition) is 1. The van der Waals surface area contributed by atoms with Crippen LogP contribution in [0.15, 0.2) is 46.0 Å². The Bertz CT molecular complexity index is 580. The van der Waals surface area contributed by atoms with Gasteiger partial charge in [-0.15, -0.1) is 11.8 Å². The first-order valence-corrected chi connectivity index (χ1v) is 8.78. The van der Waals surface area contributed by atoms with Gasteiger partial charge in [0.2, 0.25) is 5.91 Å². The highest BCUT2D eigenvalue weighted by atomic mass is 32.2. The first-order chi connectivity index (χ1) is 9.83. The van der Waals surface area contributed by atoms with Crippen LogP contribution in [0.4, 0.5) is 0 Å².